The summed E-state index contributed by atoms with van der Waals surface area (Å²) in [5, 5.41) is 3.03. The first kappa shape index (κ1) is 13.0. The first-order chi connectivity index (χ1) is 7.43. The molecule has 5 heteroatoms. The second-order valence-electron chi connectivity index (χ2n) is 3.41. The molecule has 1 amide bonds. The lowest BCUT2D eigenvalue weighted by atomic mass is 10.2. The van der Waals surface area contributed by atoms with Crippen molar-refractivity contribution in [2.45, 2.75) is 19.9 Å². The molecule has 0 aliphatic heterocycles. The number of benzene rings is 1. The Balaban J connectivity index is 2.89. The number of hydrogen-bond acceptors (Lipinski definition) is 2. The summed E-state index contributed by atoms with van der Waals surface area (Å²) in [5.41, 5.74) is 0.266. The largest absolute Gasteiger partial charge is 0.342 e. The number of Topliss-reactive ketones (excluding diaryl/α,β-unsaturated/α-hetero) is 1. The SMILES string of the molecule is CC(=O)C(C)NC(=O)c1cccc(Cl)c1Cl. The van der Waals surface area contributed by atoms with Crippen LogP contribution in [-0.2, 0) is 4.79 Å². The van der Waals surface area contributed by atoms with E-state index >= 15 is 0 Å². The Morgan fingerprint density at radius 1 is 1.31 bits per heavy atom. The summed E-state index contributed by atoms with van der Waals surface area (Å²) < 4.78 is 0. The van der Waals surface area contributed by atoms with Gasteiger partial charge in [-0.2, -0.15) is 0 Å². The fourth-order valence-corrected chi connectivity index (χ4v) is 1.44. The number of carbonyl (C=O) groups is 2. The molecule has 1 rings (SSSR count). The van der Waals surface area contributed by atoms with E-state index in [0.717, 1.165) is 0 Å². The van der Waals surface area contributed by atoms with Crippen molar-refractivity contribution in [2.24, 2.45) is 0 Å². The van der Waals surface area contributed by atoms with Crippen molar-refractivity contribution < 1.29 is 9.59 Å². The maximum absolute atomic E-state index is 11.7. The van der Waals surface area contributed by atoms with E-state index in [0.29, 0.717) is 5.02 Å². The Morgan fingerprint density at radius 3 is 2.50 bits per heavy atom. The molecule has 1 unspecified atom stereocenters. The standard InChI is InChI=1S/C11H11Cl2NO2/c1-6(7(2)15)14-11(16)8-4-3-5-9(12)10(8)13/h3-6H,1-2H3,(H,14,16). The van der Waals surface area contributed by atoms with Gasteiger partial charge in [0.15, 0.2) is 5.78 Å². The zero-order chi connectivity index (χ0) is 12.3. The first-order valence-electron chi connectivity index (χ1n) is 4.68. The number of hydrogen-bond donors (Lipinski definition) is 1. The maximum atomic E-state index is 11.7. The average Bonchev–Trinajstić information content (AvgIpc) is 2.21. The van der Waals surface area contributed by atoms with Gasteiger partial charge in [-0.1, -0.05) is 29.3 Å². The van der Waals surface area contributed by atoms with Crippen LogP contribution < -0.4 is 5.32 Å². The van der Waals surface area contributed by atoms with Crippen molar-refractivity contribution in [1.29, 1.82) is 0 Å². The number of amides is 1. The lowest BCUT2D eigenvalue weighted by Gasteiger charge is -2.11. The number of halogens is 2. The van der Waals surface area contributed by atoms with E-state index in [4.69, 9.17) is 23.2 Å². The summed E-state index contributed by atoms with van der Waals surface area (Å²) in [7, 11) is 0. The van der Waals surface area contributed by atoms with Gasteiger partial charge in [0.1, 0.15) is 0 Å². The average molecular weight is 260 g/mol. The Bertz CT molecular complexity index is 432. The molecule has 0 radical (unpaired) electrons. The van der Waals surface area contributed by atoms with Crippen LogP contribution >= 0.6 is 23.2 Å². The van der Waals surface area contributed by atoms with Crippen LogP contribution in [0.3, 0.4) is 0 Å². The zero-order valence-electron chi connectivity index (χ0n) is 8.88. The molecule has 0 heterocycles. The van der Waals surface area contributed by atoms with Crippen molar-refractivity contribution >= 4 is 34.9 Å². The van der Waals surface area contributed by atoms with Gasteiger partial charge in [-0.05, 0) is 26.0 Å². The molecule has 16 heavy (non-hydrogen) atoms. The molecule has 0 aliphatic carbocycles. The Morgan fingerprint density at radius 2 is 1.94 bits per heavy atom. The third-order valence-corrected chi connectivity index (χ3v) is 2.97. The van der Waals surface area contributed by atoms with Crippen molar-refractivity contribution in [3.63, 3.8) is 0 Å². The van der Waals surface area contributed by atoms with E-state index in [1.54, 1.807) is 25.1 Å². The summed E-state index contributed by atoms with van der Waals surface area (Å²) in [6.07, 6.45) is 0. The van der Waals surface area contributed by atoms with Gasteiger partial charge in [0.05, 0.1) is 21.7 Å². The van der Waals surface area contributed by atoms with Crippen LogP contribution in [-0.4, -0.2) is 17.7 Å². The predicted molar refractivity (Wildman–Crippen MR) is 64.1 cm³/mol. The fraction of sp³-hybridized carbons (Fsp3) is 0.273. The molecular weight excluding hydrogens is 249 g/mol. The third-order valence-electron chi connectivity index (χ3n) is 2.15. The van der Waals surface area contributed by atoms with E-state index in [1.807, 2.05) is 0 Å². The molecule has 0 fully saturated rings. The van der Waals surface area contributed by atoms with Gasteiger partial charge in [0, 0.05) is 0 Å². The number of nitrogens with one attached hydrogen (secondary N) is 1. The van der Waals surface area contributed by atoms with E-state index < -0.39 is 11.9 Å². The van der Waals surface area contributed by atoms with Crippen molar-refractivity contribution in [2.75, 3.05) is 0 Å². The molecule has 3 nitrogen and oxygen atoms in total. The highest BCUT2D eigenvalue weighted by atomic mass is 35.5. The van der Waals surface area contributed by atoms with Crippen LogP contribution in [0.4, 0.5) is 0 Å². The maximum Gasteiger partial charge on any atom is 0.253 e. The summed E-state index contributed by atoms with van der Waals surface area (Å²) in [6, 6.07) is 4.23. The second-order valence-corrected chi connectivity index (χ2v) is 4.19. The highest BCUT2D eigenvalue weighted by Crippen LogP contribution is 2.25. The zero-order valence-corrected chi connectivity index (χ0v) is 10.4. The highest BCUT2D eigenvalue weighted by Gasteiger charge is 2.16. The minimum absolute atomic E-state index is 0.119. The normalized spacial score (nSPS) is 12.0. The van der Waals surface area contributed by atoms with E-state index in [-0.39, 0.29) is 16.4 Å². The second kappa shape index (κ2) is 5.32. The van der Waals surface area contributed by atoms with Crippen molar-refractivity contribution in [3.8, 4) is 0 Å². The van der Waals surface area contributed by atoms with E-state index in [1.165, 1.54) is 6.92 Å². The lowest BCUT2D eigenvalue weighted by molar-refractivity contribution is -0.118. The summed E-state index contributed by atoms with van der Waals surface area (Å²) >= 11 is 11.7. The van der Waals surface area contributed by atoms with Gasteiger partial charge in [-0.25, -0.2) is 0 Å². The minimum Gasteiger partial charge on any atom is -0.342 e. The molecule has 0 saturated heterocycles. The topological polar surface area (TPSA) is 46.2 Å². The predicted octanol–water partition coefficient (Wildman–Crippen LogP) is 2.70. The molecule has 0 saturated carbocycles. The molecule has 1 N–H and O–H groups in total. The lowest BCUT2D eigenvalue weighted by Crippen LogP contribution is -2.37. The van der Waals surface area contributed by atoms with E-state index in [9.17, 15) is 9.59 Å². The van der Waals surface area contributed by atoms with Gasteiger partial charge in [-0.15, -0.1) is 0 Å². The van der Waals surface area contributed by atoms with Gasteiger partial charge in [0.2, 0.25) is 0 Å². The van der Waals surface area contributed by atoms with Crippen LogP contribution in [0, 0.1) is 0 Å². The molecule has 1 aromatic rings. The molecule has 0 bridgehead atoms. The molecule has 86 valence electrons. The Labute approximate surface area is 104 Å². The molecule has 0 aromatic heterocycles. The quantitative estimate of drug-likeness (QED) is 0.908. The van der Waals surface area contributed by atoms with Gasteiger partial charge in [-0.3, -0.25) is 9.59 Å². The van der Waals surface area contributed by atoms with Gasteiger partial charge < -0.3 is 5.32 Å². The molecule has 1 aromatic carbocycles. The fourth-order valence-electron chi connectivity index (χ4n) is 1.06. The minimum atomic E-state index is -0.539. The first-order valence-corrected chi connectivity index (χ1v) is 5.44. The van der Waals surface area contributed by atoms with Crippen molar-refractivity contribution in [1.82, 2.24) is 5.32 Å². The van der Waals surface area contributed by atoms with Crippen LogP contribution in [0.15, 0.2) is 18.2 Å². The smallest absolute Gasteiger partial charge is 0.253 e. The molecule has 0 aliphatic rings. The monoisotopic (exact) mass is 259 g/mol. The Kier molecular flexibility index (Phi) is 4.33. The van der Waals surface area contributed by atoms with Gasteiger partial charge in [0.25, 0.3) is 5.91 Å². The number of carbonyl (C=O) groups excluding carboxylic acids is 2. The van der Waals surface area contributed by atoms with Crippen LogP contribution in [0.2, 0.25) is 10.0 Å². The number of rotatable bonds is 3. The van der Waals surface area contributed by atoms with Crippen LogP contribution in [0.5, 0.6) is 0 Å². The summed E-state index contributed by atoms with van der Waals surface area (Å²) in [5.74, 6) is -0.526. The molecule has 0 spiro atoms. The Hall–Kier alpha value is -1.06. The molecule has 1 atom stereocenters. The summed E-state index contributed by atoms with van der Waals surface area (Å²) in [6.45, 7) is 3.02. The van der Waals surface area contributed by atoms with Crippen molar-refractivity contribution in [3.05, 3.63) is 33.8 Å². The highest BCUT2D eigenvalue weighted by molar-refractivity contribution is 6.43. The van der Waals surface area contributed by atoms with Crippen LogP contribution in [0.1, 0.15) is 24.2 Å². The van der Waals surface area contributed by atoms with Crippen LogP contribution in [0.25, 0.3) is 0 Å². The van der Waals surface area contributed by atoms with Gasteiger partial charge >= 0.3 is 0 Å². The summed E-state index contributed by atoms with van der Waals surface area (Å²) in [4.78, 5) is 22.7. The molecular formula is C11H11Cl2NO2. The third kappa shape index (κ3) is 2.97. The van der Waals surface area contributed by atoms with E-state index in [2.05, 4.69) is 5.32 Å². The number of ketones is 1.